The Hall–Kier alpha value is -1.33. The summed E-state index contributed by atoms with van der Waals surface area (Å²) in [4.78, 5) is 13.4. The van der Waals surface area contributed by atoms with Gasteiger partial charge in [-0.25, -0.2) is 9.18 Å². The van der Waals surface area contributed by atoms with Gasteiger partial charge in [-0.2, -0.15) is 0 Å². The molecule has 1 aliphatic heterocycles. The van der Waals surface area contributed by atoms with Crippen molar-refractivity contribution in [2.24, 2.45) is 5.92 Å². The highest BCUT2D eigenvalue weighted by Crippen LogP contribution is 2.21. The van der Waals surface area contributed by atoms with Crippen LogP contribution in [0.2, 0.25) is 5.02 Å². The number of carbonyl (C=O) groups is 1. The van der Waals surface area contributed by atoms with E-state index in [-0.39, 0.29) is 24.2 Å². The van der Waals surface area contributed by atoms with Gasteiger partial charge in [-0.15, -0.1) is 0 Å². The summed E-state index contributed by atoms with van der Waals surface area (Å²) in [6.45, 7) is 1.12. The van der Waals surface area contributed by atoms with E-state index in [4.69, 9.17) is 16.7 Å². The summed E-state index contributed by atoms with van der Waals surface area (Å²) in [5, 5.41) is 11.8. The predicted molar refractivity (Wildman–Crippen MR) is 67.2 cm³/mol. The number of aliphatic hydroxyl groups is 1. The van der Waals surface area contributed by atoms with Gasteiger partial charge in [0.05, 0.1) is 5.69 Å². The van der Waals surface area contributed by atoms with Crippen molar-refractivity contribution >= 4 is 23.3 Å². The van der Waals surface area contributed by atoms with E-state index >= 15 is 0 Å². The number of carbonyl (C=O) groups excluding carboxylic acids is 1. The minimum absolute atomic E-state index is 0.0648. The Kier molecular flexibility index (Phi) is 4.04. The Balaban J connectivity index is 2.01. The fourth-order valence-electron chi connectivity index (χ4n) is 1.95. The highest BCUT2D eigenvalue weighted by atomic mass is 35.5. The number of benzene rings is 1. The van der Waals surface area contributed by atoms with Gasteiger partial charge >= 0.3 is 6.03 Å². The van der Waals surface area contributed by atoms with Crippen molar-refractivity contribution in [3.05, 3.63) is 29.0 Å². The minimum atomic E-state index is -0.523. The standard InChI is InChI=1S/C12H14ClFN2O2/c13-9-1-2-10(14)11(5-9)15-12(18)16-4-3-8(6-16)7-17/h1-2,5,8,17H,3-4,6-7H2,(H,15,18). The second-order valence-electron chi connectivity index (χ2n) is 4.34. The number of nitrogens with zero attached hydrogens (tertiary/aromatic N) is 1. The number of aliphatic hydroxyl groups excluding tert-OH is 1. The average molecular weight is 273 g/mol. The first-order chi connectivity index (χ1) is 8.60. The topological polar surface area (TPSA) is 52.6 Å². The minimum Gasteiger partial charge on any atom is -0.396 e. The molecule has 2 N–H and O–H groups in total. The molecule has 18 heavy (non-hydrogen) atoms. The van der Waals surface area contributed by atoms with E-state index in [1.165, 1.54) is 18.2 Å². The van der Waals surface area contributed by atoms with Crippen LogP contribution in [-0.2, 0) is 0 Å². The number of nitrogens with one attached hydrogen (secondary N) is 1. The third kappa shape index (κ3) is 2.91. The molecule has 1 atom stereocenters. The van der Waals surface area contributed by atoms with Crippen LogP contribution < -0.4 is 5.32 Å². The van der Waals surface area contributed by atoms with Gasteiger partial charge in [-0.1, -0.05) is 11.6 Å². The maximum Gasteiger partial charge on any atom is 0.321 e. The molecule has 0 aromatic heterocycles. The number of urea groups is 1. The van der Waals surface area contributed by atoms with Crippen molar-refractivity contribution in [2.75, 3.05) is 25.0 Å². The van der Waals surface area contributed by atoms with Gasteiger partial charge in [0.15, 0.2) is 0 Å². The van der Waals surface area contributed by atoms with Crippen LogP contribution in [-0.4, -0.2) is 35.7 Å². The number of anilines is 1. The van der Waals surface area contributed by atoms with Crippen LogP contribution in [0.5, 0.6) is 0 Å². The van der Waals surface area contributed by atoms with Crippen molar-refractivity contribution in [1.29, 1.82) is 0 Å². The van der Waals surface area contributed by atoms with Gasteiger partial charge in [-0.05, 0) is 24.6 Å². The lowest BCUT2D eigenvalue weighted by Crippen LogP contribution is -2.33. The molecule has 1 aliphatic rings. The normalized spacial score (nSPS) is 19.1. The average Bonchev–Trinajstić information content (AvgIpc) is 2.82. The fraction of sp³-hybridized carbons (Fsp3) is 0.417. The molecule has 1 fully saturated rings. The summed E-state index contributed by atoms with van der Waals surface area (Å²) in [6.07, 6.45) is 0.766. The quantitative estimate of drug-likeness (QED) is 0.868. The lowest BCUT2D eigenvalue weighted by molar-refractivity contribution is 0.208. The third-order valence-electron chi connectivity index (χ3n) is 3.00. The number of hydrogen-bond acceptors (Lipinski definition) is 2. The Morgan fingerprint density at radius 3 is 3.06 bits per heavy atom. The number of likely N-dealkylation sites (tertiary alicyclic amines) is 1. The molecule has 1 unspecified atom stereocenters. The maximum atomic E-state index is 13.4. The van der Waals surface area contributed by atoms with Gasteiger partial charge in [0.25, 0.3) is 0 Å². The van der Waals surface area contributed by atoms with E-state index in [0.717, 1.165) is 6.42 Å². The lowest BCUT2D eigenvalue weighted by Gasteiger charge is -2.17. The Morgan fingerprint density at radius 1 is 1.61 bits per heavy atom. The van der Waals surface area contributed by atoms with Crippen molar-refractivity contribution in [3.8, 4) is 0 Å². The summed E-state index contributed by atoms with van der Waals surface area (Å²) >= 11 is 5.74. The zero-order valence-electron chi connectivity index (χ0n) is 9.70. The molecule has 0 aliphatic carbocycles. The summed E-state index contributed by atoms with van der Waals surface area (Å²) in [5.41, 5.74) is 0.0694. The molecule has 0 radical (unpaired) electrons. The van der Waals surface area contributed by atoms with Crippen LogP contribution in [0.25, 0.3) is 0 Å². The van der Waals surface area contributed by atoms with Crippen molar-refractivity contribution in [2.45, 2.75) is 6.42 Å². The first kappa shape index (κ1) is 13.1. The van der Waals surface area contributed by atoms with Crippen LogP contribution >= 0.6 is 11.6 Å². The van der Waals surface area contributed by atoms with E-state index < -0.39 is 5.82 Å². The SMILES string of the molecule is O=C(Nc1cc(Cl)ccc1F)N1CCC(CO)C1. The van der Waals surface area contributed by atoms with Crippen molar-refractivity contribution in [3.63, 3.8) is 0 Å². The first-order valence-corrected chi connectivity index (χ1v) is 6.10. The van der Waals surface area contributed by atoms with E-state index in [9.17, 15) is 9.18 Å². The highest BCUT2D eigenvalue weighted by molar-refractivity contribution is 6.30. The molecule has 0 bridgehead atoms. The molecular weight excluding hydrogens is 259 g/mol. The second-order valence-corrected chi connectivity index (χ2v) is 4.77. The third-order valence-corrected chi connectivity index (χ3v) is 3.24. The van der Waals surface area contributed by atoms with Crippen LogP contribution in [0.15, 0.2) is 18.2 Å². The Bertz CT molecular complexity index is 456. The van der Waals surface area contributed by atoms with Gasteiger partial charge in [0, 0.05) is 30.6 Å². The highest BCUT2D eigenvalue weighted by Gasteiger charge is 2.26. The van der Waals surface area contributed by atoms with Gasteiger partial charge < -0.3 is 15.3 Å². The molecule has 0 spiro atoms. The summed E-state index contributed by atoms with van der Waals surface area (Å²) in [7, 11) is 0. The van der Waals surface area contributed by atoms with E-state index in [2.05, 4.69) is 5.32 Å². The Labute approximate surface area is 109 Å². The predicted octanol–water partition coefficient (Wildman–Crippen LogP) is 2.33. The second kappa shape index (κ2) is 5.54. The van der Waals surface area contributed by atoms with Crippen LogP contribution in [0, 0.1) is 11.7 Å². The monoisotopic (exact) mass is 272 g/mol. The van der Waals surface area contributed by atoms with E-state index in [0.29, 0.717) is 18.1 Å². The molecule has 4 nitrogen and oxygen atoms in total. The summed E-state index contributed by atoms with van der Waals surface area (Å²) in [6, 6.07) is 3.63. The Morgan fingerprint density at radius 2 is 2.39 bits per heavy atom. The fourth-order valence-corrected chi connectivity index (χ4v) is 2.13. The molecule has 0 saturated carbocycles. The van der Waals surface area contributed by atoms with Crippen molar-refractivity contribution < 1.29 is 14.3 Å². The van der Waals surface area contributed by atoms with Crippen molar-refractivity contribution in [1.82, 2.24) is 4.90 Å². The van der Waals surface area contributed by atoms with Crippen LogP contribution in [0.4, 0.5) is 14.9 Å². The number of rotatable bonds is 2. The van der Waals surface area contributed by atoms with Gasteiger partial charge in [-0.3, -0.25) is 0 Å². The molecule has 98 valence electrons. The number of hydrogen-bond donors (Lipinski definition) is 2. The van der Waals surface area contributed by atoms with E-state index in [1.54, 1.807) is 4.90 Å². The van der Waals surface area contributed by atoms with Crippen LogP contribution in [0.1, 0.15) is 6.42 Å². The van der Waals surface area contributed by atoms with Crippen LogP contribution in [0.3, 0.4) is 0 Å². The molecule has 2 rings (SSSR count). The molecule has 2 amide bonds. The summed E-state index contributed by atoms with van der Waals surface area (Å²) in [5.74, 6) is -0.411. The first-order valence-electron chi connectivity index (χ1n) is 5.72. The lowest BCUT2D eigenvalue weighted by atomic mass is 10.1. The smallest absolute Gasteiger partial charge is 0.321 e. The largest absolute Gasteiger partial charge is 0.396 e. The van der Waals surface area contributed by atoms with Gasteiger partial charge in [0.2, 0.25) is 0 Å². The molecular formula is C12H14ClFN2O2. The van der Waals surface area contributed by atoms with Gasteiger partial charge in [0.1, 0.15) is 5.82 Å². The number of halogens is 2. The molecule has 6 heteroatoms. The zero-order chi connectivity index (χ0) is 13.1. The van der Waals surface area contributed by atoms with E-state index in [1.807, 2.05) is 0 Å². The number of amides is 2. The maximum absolute atomic E-state index is 13.4. The zero-order valence-corrected chi connectivity index (χ0v) is 10.5. The molecule has 1 saturated heterocycles. The molecule has 1 aromatic carbocycles. The molecule has 1 aromatic rings. The summed E-state index contributed by atoms with van der Waals surface area (Å²) < 4.78 is 13.4. The molecule has 1 heterocycles.